The third-order valence-electron chi connectivity index (χ3n) is 5.04. The molecule has 1 rings (SSSR count). The number of non-ortho nitro benzene ring substituents is 1. The Hall–Kier alpha value is -3.17. The number of nitrogens with one attached hydrogen (secondary N) is 1. The highest BCUT2D eigenvalue weighted by Gasteiger charge is 2.14. The summed E-state index contributed by atoms with van der Waals surface area (Å²) in [5, 5.41) is 31.0. The normalized spacial score (nSPS) is 10.5. The largest absolute Gasteiger partial charge is 0.491 e. The quantitative estimate of drug-likeness (QED) is 0.143. The molecule has 0 aromatic heterocycles. The molecule has 1 aromatic carbocycles. The van der Waals surface area contributed by atoms with Gasteiger partial charge in [-0.05, 0) is 25.3 Å². The lowest BCUT2D eigenvalue weighted by Crippen LogP contribution is -2.13. The van der Waals surface area contributed by atoms with E-state index in [2.05, 4.69) is 5.32 Å². The summed E-state index contributed by atoms with van der Waals surface area (Å²) in [4.78, 5) is 43.8. The molecule has 0 atom stereocenters. The fraction of sp³-hybridized carbons (Fsp3) is 0.609. The third kappa shape index (κ3) is 13.8. The molecular formula is C23H34N2O8. The Bertz CT molecular complexity index is 782. The molecule has 0 bridgehead atoms. The summed E-state index contributed by atoms with van der Waals surface area (Å²) < 4.78 is 5.48. The van der Waals surface area contributed by atoms with E-state index in [9.17, 15) is 24.5 Å². The maximum atomic E-state index is 12.3. The first-order valence-electron chi connectivity index (χ1n) is 11.4. The minimum absolute atomic E-state index is 0.0654. The van der Waals surface area contributed by atoms with E-state index in [1.165, 1.54) is 18.2 Å². The molecule has 10 nitrogen and oxygen atoms in total. The van der Waals surface area contributed by atoms with Crippen LogP contribution in [0.4, 0.5) is 11.4 Å². The minimum atomic E-state index is -0.957. The van der Waals surface area contributed by atoms with Crippen molar-refractivity contribution in [1.82, 2.24) is 0 Å². The van der Waals surface area contributed by atoms with Crippen LogP contribution in [0.15, 0.2) is 18.2 Å². The number of unbranched alkanes of at least 4 members (excludes halogenated alkanes) is 8. The van der Waals surface area contributed by atoms with Gasteiger partial charge in [-0.1, -0.05) is 44.9 Å². The number of rotatable bonds is 19. The van der Waals surface area contributed by atoms with Crippen molar-refractivity contribution in [3.8, 4) is 5.75 Å². The van der Waals surface area contributed by atoms with Crippen molar-refractivity contribution in [3.63, 3.8) is 0 Å². The summed E-state index contributed by atoms with van der Waals surface area (Å²) in [6.45, 7) is 0.0654. The Balaban J connectivity index is 2.30. The van der Waals surface area contributed by atoms with Crippen LogP contribution in [0.25, 0.3) is 0 Å². The average molecular weight is 467 g/mol. The summed E-state index contributed by atoms with van der Waals surface area (Å²) >= 11 is 0. The number of ether oxygens (including phenoxy) is 1. The summed E-state index contributed by atoms with van der Waals surface area (Å²) in [7, 11) is 0. The summed E-state index contributed by atoms with van der Waals surface area (Å²) in [5.74, 6) is -1.77. The molecule has 0 aliphatic rings. The Morgan fingerprint density at radius 3 is 1.88 bits per heavy atom. The molecular weight excluding hydrogens is 432 g/mol. The van der Waals surface area contributed by atoms with Gasteiger partial charge in [-0.2, -0.15) is 0 Å². The van der Waals surface area contributed by atoms with E-state index in [0.29, 0.717) is 12.1 Å². The second-order valence-corrected chi connectivity index (χ2v) is 7.91. The lowest BCUT2D eigenvalue weighted by molar-refractivity contribution is -0.384. The van der Waals surface area contributed by atoms with Gasteiger partial charge in [0, 0.05) is 25.3 Å². The topological polar surface area (TPSA) is 156 Å². The van der Waals surface area contributed by atoms with Crippen LogP contribution in [0, 0.1) is 10.1 Å². The Morgan fingerprint density at radius 2 is 1.33 bits per heavy atom. The first-order chi connectivity index (χ1) is 15.8. The van der Waals surface area contributed by atoms with Crippen molar-refractivity contribution in [2.24, 2.45) is 0 Å². The predicted molar refractivity (Wildman–Crippen MR) is 123 cm³/mol. The number of anilines is 1. The van der Waals surface area contributed by atoms with Crippen molar-refractivity contribution in [1.29, 1.82) is 0 Å². The number of nitrogens with zero attached hydrogens (tertiary/aromatic N) is 1. The molecule has 33 heavy (non-hydrogen) atoms. The van der Waals surface area contributed by atoms with Gasteiger partial charge < -0.3 is 20.3 Å². The molecule has 184 valence electrons. The number of hydrogen-bond donors (Lipinski definition) is 3. The number of hydrogen-bond acceptors (Lipinski definition) is 6. The predicted octanol–water partition coefficient (Wildman–Crippen LogP) is 5.15. The molecule has 0 saturated carbocycles. The van der Waals surface area contributed by atoms with E-state index < -0.39 is 16.9 Å². The van der Waals surface area contributed by atoms with Crippen molar-refractivity contribution in [2.45, 2.75) is 83.5 Å². The lowest BCUT2D eigenvalue weighted by atomic mass is 10.1. The summed E-state index contributed by atoms with van der Waals surface area (Å²) in [6.07, 6.45) is 9.40. The van der Waals surface area contributed by atoms with E-state index in [0.717, 1.165) is 57.8 Å². The van der Waals surface area contributed by atoms with Crippen LogP contribution in [0.3, 0.4) is 0 Å². The second-order valence-electron chi connectivity index (χ2n) is 7.91. The number of nitro groups is 1. The molecule has 0 aliphatic carbocycles. The van der Waals surface area contributed by atoms with Gasteiger partial charge in [0.2, 0.25) is 5.91 Å². The molecule has 0 fully saturated rings. The standard InChI is InChI=1S/C23H34N2O8/c26-21(11-8-6-4-2-1-3-5-7-9-12-22(27)28)24-19-15-14-18(25(31)32)17-20(19)33-16-10-13-23(29)30/h14-15,17H,1-13,16H2,(H,24,26)(H,27,28)(H,29,30). The molecule has 0 spiro atoms. The Morgan fingerprint density at radius 1 is 0.818 bits per heavy atom. The second kappa shape index (κ2) is 16.5. The van der Waals surface area contributed by atoms with Gasteiger partial charge in [0.25, 0.3) is 5.69 Å². The minimum Gasteiger partial charge on any atom is -0.491 e. The van der Waals surface area contributed by atoms with Crippen molar-refractivity contribution >= 4 is 29.2 Å². The van der Waals surface area contributed by atoms with Crippen LogP contribution in [-0.4, -0.2) is 39.6 Å². The van der Waals surface area contributed by atoms with Gasteiger partial charge in [0.1, 0.15) is 5.75 Å². The molecule has 10 heteroatoms. The van der Waals surface area contributed by atoms with Crippen LogP contribution in [0.5, 0.6) is 5.75 Å². The number of carboxylic acid groups (broad SMARTS) is 2. The van der Waals surface area contributed by atoms with Gasteiger partial charge in [0.15, 0.2) is 0 Å². The molecule has 0 saturated heterocycles. The zero-order chi connectivity index (χ0) is 24.5. The van der Waals surface area contributed by atoms with E-state index >= 15 is 0 Å². The number of nitro benzene ring substituents is 1. The van der Waals surface area contributed by atoms with Crippen LogP contribution < -0.4 is 10.1 Å². The van der Waals surface area contributed by atoms with Gasteiger partial charge in [0.05, 0.1) is 23.3 Å². The third-order valence-corrected chi connectivity index (χ3v) is 5.04. The molecule has 0 unspecified atom stereocenters. The molecule has 3 N–H and O–H groups in total. The zero-order valence-electron chi connectivity index (χ0n) is 18.9. The van der Waals surface area contributed by atoms with Crippen molar-refractivity contribution in [2.75, 3.05) is 11.9 Å². The van der Waals surface area contributed by atoms with Gasteiger partial charge in [-0.3, -0.25) is 24.5 Å². The summed E-state index contributed by atoms with van der Waals surface area (Å²) in [6, 6.07) is 3.92. The lowest BCUT2D eigenvalue weighted by Gasteiger charge is -2.12. The Labute approximate surface area is 193 Å². The fourth-order valence-electron chi connectivity index (χ4n) is 3.26. The molecule has 0 radical (unpaired) electrons. The first kappa shape index (κ1) is 27.9. The van der Waals surface area contributed by atoms with E-state index in [4.69, 9.17) is 14.9 Å². The number of carbonyl (C=O) groups is 3. The van der Waals surface area contributed by atoms with E-state index in [1.807, 2.05) is 0 Å². The maximum absolute atomic E-state index is 12.3. The smallest absolute Gasteiger partial charge is 0.303 e. The highest BCUT2D eigenvalue weighted by molar-refractivity contribution is 5.92. The van der Waals surface area contributed by atoms with Gasteiger partial charge >= 0.3 is 11.9 Å². The van der Waals surface area contributed by atoms with E-state index in [-0.39, 0.29) is 43.2 Å². The number of amides is 1. The van der Waals surface area contributed by atoms with Crippen molar-refractivity contribution < 1.29 is 34.3 Å². The number of carbonyl (C=O) groups excluding carboxylic acids is 1. The Kier molecular flexibility index (Phi) is 13.9. The van der Waals surface area contributed by atoms with Gasteiger partial charge in [-0.25, -0.2) is 0 Å². The highest BCUT2D eigenvalue weighted by Crippen LogP contribution is 2.30. The molecule has 1 aromatic rings. The zero-order valence-corrected chi connectivity index (χ0v) is 18.9. The first-order valence-corrected chi connectivity index (χ1v) is 11.4. The average Bonchev–Trinajstić information content (AvgIpc) is 2.75. The number of benzene rings is 1. The SMILES string of the molecule is O=C(O)CCCCCCCCCCCC(=O)Nc1ccc([N+](=O)[O-])cc1OCCCC(=O)O. The maximum Gasteiger partial charge on any atom is 0.303 e. The molecule has 0 aliphatic heterocycles. The van der Waals surface area contributed by atoms with E-state index in [1.54, 1.807) is 0 Å². The number of aliphatic carboxylic acids is 2. The van der Waals surface area contributed by atoms with Gasteiger partial charge in [-0.15, -0.1) is 0 Å². The van der Waals surface area contributed by atoms with Crippen LogP contribution in [0.2, 0.25) is 0 Å². The monoisotopic (exact) mass is 466 g/mol. The summed E-state index contributed by atoms with van der Waals surface area (Å²) in [5.41, 5.74) is 0.145. The molecule has 0 heterocycles. The van der Waals surface area contributed by atoms with Crippen LogP contribution in [-0.2, 0) is 14.4 Å². The van der Waals surface area contributed by atoms with Crippen molar-refractivity contribution in [3.05, 3.63) is 28.3 Å². The van der Waals surface area contributed by atoms with Crippen LogP contribution >= 0.6 is 0 Å². The fourth-order valence-corrected chi connectivity index (χ4v) is 3.26. The number of carboxylic acids is 2. The highest BCUT2D eigenvalue weighted by atomic mass is 16.6. The molecule has 1 amide bonds. The van der Waals surface area contributed by atoms with Crippen LogP contribution in [0.1, 0.15) is 83.5 Å².